The number of rotatable bonds is 14. The first-order valence-electron chi connectivity index (χ1n) is 11.5. The summed E-state index contributed by atoms with van der Waals surface area (Å²) in [5, 5.41) is 29.5. The number of hydrogen-bond donors (Lipinski definition) is 3. The molecule has 1 saturated carbocycles. The van der Waals surface area contributed by atoms with Crippen molar-refractivity contribution in [2.45, 2.75) is 64.1 Å². The first-order chi connectivity index (χ1) is 15.4. The molecule has 4 atom stereocenters. The van der Waals surface area contributed by atoms with Gasteiger partial charge in [-0.2, -0.15) is 0 Å². The van der Waals surface area contributed by atoms with Crippen molar-refractivity contribution in [3.05, 3.63) is 59.7 Å². The lowest BCUT2D eigenvalue weighted by Gasteiger charge is -2.17. The van der Waals surface area contributed by atoms with Crippen molar-refractivity contribution in [2.75, 3.05) is 13.2 Å². The second-order valence-corrected chi connectivity index (χ2v) is 8.34. The van der Waals surface area contributed by atoms with Gasteiger partial charge in [0.1, 0.15) is 5.78 Å². The molecule has 176 valence electrons. The van der Waals surface area contributed by atoms with Crippen LogP contribution in [-0.4, -0.2) is 52.5 Å². The number of Topliss-reactive ketones (excluding diaryl/α,β-unsaturated/α-hetero) is 1. The lowest BCUT2D eigenvalue weighted by Crippen LogP contribution is -2.19. The molecule has 32 heavy (non-hydrogen) atoms. The Kier molecular flexibility index (Phi) is 11.4. The van der Waals surface area contributed by atoms with Gasteiger partial charge in [-0.3, -0.25) is 9.59 Å². The number of carboxylic acid groups (broad SMARTS) is 1. The van der Waals surface area contributed by atoms with Crippen LogP contribution in [0, 0.1) is 11.8 Å². The van der Waals surface area contributed by atoms with Crippen LogP contribution in [0.2, 0.25) is 0 Å². The quantitative estimate of drug-likeness (QED) is 0.300. The first-order valence-corrected chi connectivity index (χ1v) is 11.5. The number of carbonyl (C=O) groups is 2. The van der Waals surface area contributed by atoms with E-state index in [9.17, 15) is 19.8 Å². The minimum absolute atomic E-state index is 0.0267. The smallest absolute Gasteiger partial charge is 0.303 e. The minimum Gasteiger partial charge on any atom is -0.481 e. The molecule has 0 aliphatic heterocycles. The van der Waals surface area contributed by atoms with Crippen molar-refractivity contribution in [2.24, 2.45) is 11.8 Å². The van der Waals surface area contributed by atoms with Crippen molar-refractivity contribution in [1.82, 2.24) is 0 Å². The molecule has 1 aliphatic rings. The zero-order valence-corrected chi connectivity index (χ0v) is 18.9. The van der Waals surface area contributed by atoms with Crippen LogP contribution in [0.5, 0.6) is 0 Å². The Balaban J connectivity index is 1.88. The van der Waals surface area contributed by atoms with E-state index in [-0.39, 0.29) is 30.5 Å². The predicted molar refractivity (Wildman–Crippen MR) is 123 cm³/mol. The maximum absolute atomic E-state index is 12.3. The summed E-state index contributed by atoms with van der Waals surface area (Å²) in [6.45, 7) is 3.34. The fourth-order valence-electron chi connectivity index (χ4n) is 4.07. The standard InChI is InChI=1S/C26H36O6/c1-2-32-15-14-19-8-7-9-20(16-19)17-21(27)12-13-23-22(24(28)18-25(23)29)10-5-3-4-6-11-26(30)31/h3,5,7-9,12-13,16,21-23,25,27,29H,2,4,6,10-11,14-15,17-18H2,1H3,(H,30,31)/t21-,22+,23+,25+/m0/s1. The van der Waals surface area contributed by atoms with Crippen molar-refractivity contribution in [1.29, 1.82) is 0 Å². The molecule has 1 aromatic carbocycles. The van der Waals surface area contributed by atoms with E-state index in [0.29, 0.717) is 38.9 Å². The molecule has 0 aromatic heterocycles. The van der Waals surface area contributed by atoms with Gasteiger partial charge < -0.3 is 20.1 Å². The number of unbranched alkanes of at least 4 members (excludes halogenated alkanes) is 1. The lowest BCUT2D eigenvalue weighted by atomic mass is 9.90. The van der Waals surface area contributed by atoms with Crippen LogP contribution in [0.4, 0.5) is 0 Å². The van der Waals surface area contributed by atoms with Crippen LogP contribution in [0.25, 0.3) is 0 Å². The van der Waals surface area contributed by atoms with E-state index in [1.54, 1.807) is 12.2 Å². The number of ether oxygens (including phenoxy) is 1. The Labute approximate surface area is 190 Å². The van der Waals surface area contributed by atoms with Crippen LogP contribution >= 0.6 is 0 Å². The van der Waals surface area contributed by atoms with E-state index in [0.717, 1.165) is 12.0 Å². The second kappa shape index (κ2) is 14.0. The van der Waals surface area contributed by atoms with Gasteiger partial charge in [-0.25, -0.2) is 0 Å². The molecule has 0 saturated heterocycles. The molecular formula is C26H36O6. The number of carbonyl (C=O) groups excluding carboxylic acids is 1. The topological polar surface area (TPSA) is 104 Å². The number of hydrogen-bond acceptors (Lipinski definition) is 5. The summed E-state index contributed by atoms with van der Waals surface area (Å²) in [4.78, 5) is 22.9. The van der Waals surface area contributed by atoms with Gasteiger partial charge in [0.05, 0.1) is 18.8 Å². The molecule has 0 spiro atoms. The van der Waals surface area contributed by atoms with Crippen LogP contribution in [-0.2, 0) is 27.2 Å². The Bertz CT molecular complexity index is 784. The van der Waals surface area contributed by atoms with Crippen LogP contribution < -0.4 is 0 Å². The van der Waals surface area contributed by atoms with Gasteiger partial charge in [-0.15, -0.1) is 0 Å². The molecule has 1 aromatic rings. The molecule has 0 unspecified atom stereocenters. The Hall–Kier alpha value is -2.28. The highest BCUT2D eigenvalue weighted by molar-refractivity contribution is 5.84. The number of carboxylic acids is 1. The van der Waals surface area contributed by atoms with E-state index < -0.39 is 18.2 Å². The van der Waals surface area contributed by atoms with Crippen LogP contribution in [0.3, 0.4) is 0 Å². The van der Waals surface area contributed by atoms with E-state index in [4.69, 9.17) is 9.84 Å². The van der Waals surface area contributed by atoms with Crippen LogP contribution in [0.15, 0.2) is 48.6 Å². The van der Waals surface area contributed by atoms with E-state index >= 15 is 0 Å². The molecule has 6 heteroatoms. The first kappa shape index (κ1) is 26.0. The summed E-state index contributed by atoms with van der Waals surface area (Å²) < 4.78 is 5.40. The second-order valence-electron chi connectivity index (χ2n) is 8.34. The summed E-state index contributed by atoms with van der Waals surface area (Å²) in [6, 6.07) is 8.07. The third-order valence-electron chi connectivity index (χ3n) is 5.78. The Morgan fingerprint density at radius 3 is 2.81 bits per heavy atom. The highest BCUT2D eigenvalue weighted by Gasteiger charge is 2.39. The van der Waals surface area contributed by atoms with Gasteiger partial charge >= 0.3 is 5.97 Å². The fourth-order valence-corrected chi connectivity index (χ4v) is 4.07. The molecule has 0 heterocycles. The summed E-state index contributed by atoms with van der Waals surface area (Å²) in [7, 11) is 0. The van der Waals surface area contributed by atoms with Gasteiger partial charge in [0, 0.05) is 37.7 Å². The average molecular weight is 445 g/mol. The highest BCUT2D eigenvalue weighted by atomic mass is 16.5. The highest BCUT2D eigenvalue weighted by Crippen LogP contribution is 2.33. The van der Waals surface area contributed by atoms with Gasteiger partial charge in [0.25, 0.3) is 0 Å². The third kappa shape index (κ3) is 9.07. The number of aliphatic hydroxyl groups excluding tert-OH is 2. The molecule has 0 bridgehead atoms. The number of aliphatic hydroxyl groups is 2. The number of allylic oxidation sites excluding steroid dienone is 2. The molecule has 2 rings (SSSR count). The van der Waals surface area contributed by atoms with Gasteiger partial charge in [-0.1, -0.05) is 48.6 Å². The summed E-state index contributed by atoms with van der Waals surface area (Å²) in [5.74, 6) is -1.42. The zero-order valence-electron chi connectivity index (χ0n) is 18.9. The summed E-state index contributed by atoms with van der Waals surface area (Å²) >= 11 is 0. The van der Waals surface area contributed by atoms with Crippen molar-refractivity contribution in [3.8, 4) is 0 Å². The molecule has 1 aliphatic carbocycles. The molecule has 6 nitrogen and oxygen atoms in total. The molecule has 0 radical (unpaired) electrons. The maximum Gasteiger partial charge on any atom is 0.303 e. The van der Waals surface area contributed by atoms with E-state index in [2.05, 4.69) is 6.07 Å². The molecule has 1 fully saturated rings. The van der Waals surface area contributed by atoms with E-state index in [1.807, 2.05) is 37.3 Å². The largest absolute Gasteiger partial charge is 0.481 e. The molecule has 3 N–H and O–H groups in total. The fraction of sp³-hybridized carbons (Fsp3) is 0.538. The van der Waals surface area contributed by atoms with E-state index in [1.165, 1.54) is 5.56 Å². The third-order valence-corrected chi connectivity index (χ3v) is 5.78. The molecular weight excluding hydrogens is 408 g/mol. The predicted octanol–water partition coefficient (Wildman–Crippen LogP) is 3.49. The molecule has 0 amide bonds. The van der Waals surface area contributed by atoms with Crippen molar-refractivity contribution >= 4 is 11.8 Å². The number of aliphatic carboxylic acids is 1. The van der Waals surface area contributed by atoms with Gasteiger partial charge in [0.2, 0.25) is 0 Å². The minimum atomic E-state index is -0.812. The monoisotopic (exact) mass is 444 g/mol. The summed E-state index contributed by atoms with van der Waals surface area (Å²) in [6.07, 6.45) is 9.09. The Morgan fingerprint density at radius 1 is 1.28 bits per heavy atom. The maximum atomic E-state index is 12.3. The number of benzene rings is 1. The van der Waals surface area contributed by atoms with Crippen molar-refractivity contribution in [3.63, 3.8) is 0 Å². The van der Waals surface area contributed by atoms with Crippen LogP contribution in [0.1, 0.15) is 50.2 Å². The van der Waals surface area contributed by atoms with Crippen molar-refractivity contribution < 1.29 is 29.6 Å². The Morgan fingerprint density at radius 2 is 2.06 bits per heavy atom. The zero-order chi connectivity index (χ0) is 23.3. The number of ketones is 1. The normalized spacial score (nSPS) is 22.2. The SMILES string of the molecule is CCOCCc1cccc(C[C@@H](O)C=C[C@H]2[C@H](O)CC(=O)[C@@H]2CC=CCCCC(=O)O)c1. The van der Waals surface area contributed by atoms with Gasteiger partial charge in [0.15, 0.2) is 0 Å². The lowest BCUT2D eigenvalue weighted by molar-refractivity contribution is -0.137. The van der Waals surface area contributed by atoms with Gasteiger partial charge in [-0.05, 0) is 43.7 Å². The summed E-state index contributed by atoms with van der Waals surface area (Å²) in [5.41, 5.74) is 2.19. The average Bonchev–Trinajstić information content (AvgIpc) is 3.01.